The molecule has 2 N–H and O–H groups in total. The van der Waals surface area contributed by atoms with E-state index >= 15 is 0 Å². The number of morpholine rings is 1. The molecule has 0 spiro atoms. The van der Waals surface area contributed by atoms with Gasteiger partial charge in [-0.25, -0.2) is 0 Å². The Morgan fingerprint density at radius 1 is 1.20 bits per heavy atom. The van der Waals surface area contributed by atoms with Crippen LogP contribution in [-0.4, -0.2) is 52.7 Å². The summed E-state index contributed by atoms with van der Waals surface area (Å²) in [6.45, 7) is 1.21. The molecule has 132 valence electrons. The molecule has 0 unspecified atom stereocenters. The zero-order valence-electron chi connectivity index (χ0n) is 14.0. The van der Waals surface area contributed by atoms with Crippen molar-refractivity contribution in [2.24, 2.45) is 0 Å². The monoisotopic (exact) mass is 342 g/mol. The van der Waals surface area contributed by atoms with E-state index in [9.17, 15) is 9.59 Å². The van der Waals surface area contributed by atoms with E-state index in [1.165, 1.54) is 0 Å². The standard InChI is InChI=1S/C19H22N2O4/c22-18(21-10-11-25-13-16(21)12-19(23)24)9-7-15-6-8-17(20-15)14-4-2-1-3-5-14/h1-6,8,16,20H,7,9-13H2,(H,23,24)/t16-/m1/s1. The lowest BCUT2D eigenvalue weighted by Gasteiger charge is -2.34. The van der Waals surface area contributed by atoms with E-state index < -0.39 is 5.97 Å². The van der Waals surface area contributed by atoms with Gasteiger partial charge in [-0.3, -0.25) is 9.59 Å². The van der Waals surface area contributed by atoms with Crippen molar-refractivity contribution in [3.63, 3.8) is 0 Å². The Kier molecular flexibility index (Phi) is 5.50. The highest BCUT2D eigenvalue weighted by molar-refractivity contribution is 5.78. The van der Waals surface area contributed by atoms with Gasteiger partial charge in [0.25, 0.3) is 0 Å². The number of nitrogens with zero attached hydrogens (tertiary/aromatic N) is 1. The molecule has 0 radical (unpaired) electrons. The van der Waals surface area contributed by atoms with Crippen LogP contribution in [0, 0.1) is 0 Å². The Bertz CT molecular complexity index is 726. The Morgan fingerprint density at radius 2 is 2.00 bits per heavy atom. The highest BCUT2D eigenvalue weighted by Gasteiger charge is 2.28. The number of carbonyl (C=O) groups is 2. The largest absolute Gasteiger partial charge is 0.481 e. The van der Waals surface area contributed by atoms with Crippen molar-refractivity contribution in [2.75, 3.05) is 19.8 Å². The first-order valence-electron chi connectivity index (χ1n) is 8.46. The zero-order chi connectivity index (χ0) is 17.6. The molecule has 25 heavy (non-hydrogen) atoms. The summed E-state index contributed by atoms with van der Waals surface area (Å²) < 4.78 is 5.32. The molecule has 2 heterocycles. The van der Waals surface area contributed by atoms with Gasteiger partial charge in [0.1, 0.15) is 0 Å². The number of carboxylic acids is 1. The summed E-state index contributed by atoms with van der Waals surface area (Å²) in [5.74, 6) is -0.935. The first-order valence-corrected chi connectivity index (χ1v) is 8.46. The normalized spacial score (nSPS) is 17.4. The molecule has 6 heteroatoms. The fourth-order valence-corrected chi connectivity index (χ4v) is 3.11. The SMILES string of the molecule is O=C(O)C[C@@H]1COCCN1C(=O)CCc1ccc(-c2ccccc2)[nH]1. The number of nitrogens with one attached hydrogen (secondary N) is 1. The first-order chi connectivity index (χ1) is 12.1. The number of aromatic amines is 1. The van der Waals surface area contributed by atoms with Gasteiger partial charge < -0.3 is 19.7 Å². The summed E-state index contributed by atoms with van der Waals surface area (Å²) in [6.07, 6.45) is 0.875. The Morgan fingerprint density at radius 3 is 2.76 bits per heavy atom. The summed E-state index contributed by atoms with van der Waals surface area (Å²) in [7, 11) is 0. The maximum atomic E-state index is 12.5. The minimum atomic E-state index is -0.912. The number of ether oxygens (including phenoxy) is 1. The van der Waals surface area contributed by atoms with Gasteiger partial charge in [-0.15, -0.1) is 0 Å². The number of rotatable bonds is 6. The summed E-state index contributed by atoms with van der Waals surface area (Å²) in [5, 5.41) is 8.99. The summed E-state index contributed by atoms with van der Waals surface area (Å²) in [4.78, 5) is 28.5. The molecule has 1 fully saturated rings. The molecule has 2 aromatic rings. The fraction of sp³-hybridized carbons (Fsp3) is 0.368. The molecule has 1 aromatic carbocycles. The average Bonchev–Trinajstić information content (AvgIpc) is 3.09. The highest BCUT2D eigenvalue weighted by atomic mass is 16.5. The molecule has 0 saturated carbocycles. The van der Waals surface area contributed by atoms with Crippen molar-refractivity contribution in [3.05, 3.63) is 48.2 Å². The van der Waals surface area contributed by atoms with Crippen LogP contribution in [0.1, 0.15) is 18.5 Å². The number of aliphatic carboxylic acids is 1. The molecule has 1 atom stereocenters. The van der Waals surface area contributed by atoms with Crippen LogP contribution in [0.25, 0.3) is 11.3 Å². The van der Waals surface area contributed by atoms with Crippen LogP contribution in [0.5, 0.6) is 0 Å². The van der Waals surface area contributed by atoms with E-state index in [1.807, 2.05) is 42.5 Å². The molecule has 3 rings (SSSR count). The van der Waals surface area contributed by atoms with Gasteiger partial charge in [-0.05, 0) is 24.1 Å². The molecule has 1 saturated heterocycles. The predicted molar refractivity (Wildman–Crippen MR) is 93.1 cm³/mol. The molecule has 1 aliphatic heterocycles. The number of aryl methyl sites for hydroxylation is 1. The van der Waals surface area contributed by atoms with Crippen LogP contribution in [0.2, 0.25) is 0 Å². The maximum absolute atomic E-state index is 12.5. The van der Waals surface area contributed by atoms with E-state index in [0.717, 1.165) is 17.0 Å². The third kappa shape index (κ3) is 4.48. The van der Waals surface area contributed by atoms with Gasteiger partial charge in [0, 0.05) is 24.4 Å². The van der Waals surface area contributed by atoms with E-state index in [4.69, 9.17) is 9.84 Å². The van der Waals surface area contributed by atoms with Crippen LogP contribution < -0.4 is 0 Å². The van der Waals surface area contributed by atoms with Gasteiger partial charge in [0.05, 0.1) is 25.7 Å². The first kappa shape index (κ1) is 17.2. The lowest BCUT2D eigenvalue weighted by Crippen LogP contribution is -2.49. The average molecular weight is 342 g/mol. The number of aromatic nitrogens is 1. The van der Waals surface area contributed by atoms with Crippen molar-refractivity contribution >= 4 is 11.9 Å². The van der Waals surface area contributed by atoms with E-state index in [-0.39, 0.29) is 18.4 Å². The molecule has 1 amide bonds. The maximum Gasteiger partial charge on any atom is 0.305 e. The minimum absolute atomic E-state index is 0.0228. The fourth-order valence-electron chi connectivity index (χ4n) is 3.11. The third-order valence-corrected chi connectivity index (χ3v) is 4.40. The van der Waals surface area contributed by atoms with Gasteiger partial charge in [0.2, 0.25) is 5.91 Å². The molecule has 1 aromatic heterocycles. The van der Waals surface area contributed by atoms with Crippen molar-refractivity contribution < 1.29 is 19.4 Å². The second-order valence-corrected chi connectivity index (χ2v) is 6.18. The number of hydrogen-bond acceptors (Lipinski definition) is 3. The number of H-pyrrole nitrogens is 1. The van der Waals surface area contributed by atoms with Crippen molar-refractivity contribution in [1.82, 2.24) is 9.88 Å². The lowest BCUT2D eigenvalue weighted by atomic mass is 10.1. The van der Waals surface area contributed by atoms with Crippen LogP contribution in [-0.2, 0) is 20.7 Å². The predicted octanol–water partition coefficient (Wildman–Crippen LogP) is 2.32. The summed E-state index contributed by atoms with van der Waals surface area (Å²) in [5.41, 5.74) is 3.13. The van der Waals surface area contributed by atoms with E-state index in [1.54, 1.807) is 4.90 Å². The number of amides is 1. The van der Waals surface area contributed by atoms with Crippen LogP contribution in [0.3, 0.4) is 0 Å². The van der Waals surface area contributed by atoms with Crippen molar-refractivity contribution in [3.8, 4) is 11.3 Å². The van der Waals surface area contributed by atoms with Crippen molar-refractivity contribution in [2.45, 2.75) is 25.3 Å². The van der Waals surface area contributed by atoms with Crippen LogP contribution in [0.15, 0.2) is 42.5 Å². The molecular weight excluding hydrogens is 320 g/mol. The number of benzene rings is 1. The minimum Gasteiger partial charge on any atom is -0.481 e. The number of carbonyl (C=O) groups excluding carboxylic acids is 1. The zero-order valence-corrected chi connectivity index (χ0v) is 14.0. The molecule has 0 bridgehead atoms. The molecule has 6 nitrogen and oxygen atoms in total. The second kappa shape index (κ2) is 7.98. The van der Waals surface area contributed by atoms with Gasteiger partial charge in [-0.1, -0.05) is 30.3 Å². The van der Waals surface area contributed by atoms with E-state index in [2.05, 4.69) is 4.98 Å². The highest BCUT2D eigenvalue weighted by Crippen LogP contribution is 2.19. The quantitative estimate of drug-likeness (QED) is 0.844. The third-order valence-electron chi connectivity index (χ3n) is 4.40. The summed E-state index contributed by atoms with van der Waals surface area (Å²) in [6, 6.07) is 13.6. The number of carboxylic acid groups (broad SMARTS) is 1. The molecule has 1 aliphatic rings. The van der Waals surface area contributed by atoms with Crippen LogP contribution >= 0.6 is 0 Å². The number of hydrogen-bond donors (Lipinski definition) is 2. The Balaban J connectivity index is 1.58. The second-order valence-electron chi connectivity index (χ2n) is 6.18. The topological polar surface area (TPSA) is 82.6 Å². The van der Waals surface area contributed by atoms with Crippen LogP contribution in [0.4, 0.5) is 0 Å². The summed E-state index contributed by atoms with van der Waals surface area (Å²) >= 11 is 0. The Labute approximate surface area is 146 Å². The van der Waals surface area contributed by atoms with Gasteiger partial charge in [0.15, 0.2) is 0 Å². The Hall–Kier alpha value is -2.60. The smallest absolute Gasteiger partial charge is 0.305 e. The molecule has 0 aliphatic carbocycles. The lowest BCUT2D eigenvalue weighted by molar-refractivity contribution is -0.146. The van der Waals surface area contributed by atoms with Gasteiger partial charge in [-0.2, -0.15) is 0 Å². The van der Waals surface area contributed by atoms with Crippen molar-refractivity contribution in [1.29, 1.82) is 0 Å². The van der Waals surface area contributed by atoms with E-state index in [0.29, 0.717) is 32.6 Å². The van der Waals surface area contributed by atoms with Gasteiger partial charge >= 0.3 is 5.97 Å². The molecular formula is C19H22N2O4.